The second kappa shape index (κ2) is 4.52. The summed E-state index contributed by atoms with van der Waals surface area (Å²) < 4.78 is 6.24. The topological polar surface area (TPSA) is 9.23 Å². The molecule has 2 aliphatic carbocycles. The van der Waals surface area contributed by atoms with Crippen LogP contribution < -0.4 is 0 Å². The molecule has 2 aliphatic rings. The molecule has 2 rings (SSSR count). The van der Waals surface area contributed by atoms with E-state index in [9.17, 15) is 0 Å². The van der Waals surface area contributed by atoms with Gasteiger partial charge in [-0.25, -0.2) is 0 Å². The Morgan fingerprint density at radius 1 is 1.27 bits per heavy atom. The zero-order chi connectivity index (χ0) is 10.7. The van der Waals surface area contributed by atoms with Crippen LogP contribution in [0, 0.1) is 0 Å². The number of hydrogen-bond donors (Lipinski definition) is 0. The molecule has 84 valence electrons. The molecule has 1 saturated carbocycles. The van der Waals surface area contributed by atoms with Crippen LogP contribution in [0.1, 0.15) is 52.4 Å². The molecule has 1 nitrogen and oxygen atoms in total. The van der Waals surface area contributed by atoms with Crippen LogP contribution in [0.3, 0.4) is 0 Å². The first kappa shape index (κ1) is 10.9. The highest BCUT2D eigenvalue weighted by Crippen LogP contribution is 2.30. The molecule has 0 heterocycles. The van der Waals surface area contributed by atoms with Crippen LogP contribution in [0.25, 0.3) is 0 Å². The van der Waals surface area contributed by atoms with E-state index in [-0.39, 0.29) is 5.60 Å². The molecule has 0 spiro atoms. The maximum Gasteiger partial charge on any atom is 0.0875 e. The van der Waals surface area contributed by atoms with E-state index in [0.717, 1.165) is 6.42 Å². The van der Waals surface area contributed by atoms with Crippen molar-refractivity contribution in [3.8, 4) is 0 Å². The van der Waals surface area contributed by atoms with E-state index >= 15 is 0 Å². The molecule has 0 saturated heterocycles. The minimum Gasteiger partial charge on any atom is -0.368 e. The van der Waals surface area contributed by atoms with Crippen LogP contribution in [0.4, 0.5) is 0 Å². The highest BCUT2D eigenvalue weighted by molar-refractivity contribution is 5.25. The van der Waals surface area contributed by atoms with Crippen molar-refractivity contribution in [2.45, 2.75) is 64.1 Å². The Labute approximate surface area is 93.2 Å². The van der Waals surface area contributed by atoms with Gasteiger partial charge in [-0.2, -0.15) is 0 Å². The lowest BCUT2D eigenvalue weighted by atomic mass is 9.92. The Morgan fingerprint density at radius 2 is 2.00 bits per heavy atom. The molecule has 15 heavy (non-hydrogen) atoms. The monoisotopic (exact) mass is 206 g/mol. The van der Waals surface area contributed by atoms with Crippen LogP contribution in [0.15, 0.2) is 23.8 Å². The van der Waals surface area contributed by atoms with Crippen molar-refractivity contribution < 1.29 is 4.74 Å². The van der Waals surface area contributed by atoms with E-state index in [1.165, 1.54) is 37.7 Å². The van der Waals surface area contributed by atoms with E-state index in [1.54, 1.807) is 0 Å². The van der Waals surface area contributed by atoms with Gasteiger partial charge in [0, 0.05) is 0 Å². The average Bonchev–Trinajstić information content (AvgIpc) is 2.24. The van der Waals surface area contributed by atoms with Crippen molar-refractivity contribution in [2.24, 2.45) is 0 Å². The third kappa shape index (κ3) is 2.94. The van der Waals surface area contributed by atoms with Crippen LogP contribution in [0.2, 0.25) is 0 Å². The van der Waals surface area contributed by atoms with Gasteiger partial charge in [-0.15, -0.1) is 0 Å². The Bertz CT molecular complexity index is 271. The lowest BCUT2D eigenvalue weighted by molar-refractivity contribution is -0.0656. The summed E-state index contributed by atoms with van der Waals surface area (Å²) in [5, 5.41) is 0. The zero-order valence-electron chi connectivity index (χ0n) is 9.96. The molecule has 0 amide bonds. The van der Waals surface area contributed by atoms with Crippen molar-refractivity contribution >= 4 is 0 Å². The fourth-order valence-electron chi connectivity index (χ4n) is 2.46. The quantitative estimate of drug-likeness (QED) is 0.663. The Morgan fingerprint density at radius 3 is 2.60 bits per heavy atom. The molecule has 1 fully saturated rings. The molecular weight excluding hydrogens is 184 g/mol. The first-order chi connectivity index (χ1) is 7.18. The SMILES string of the molecule is CC1=CCC(C)(OC2CCCCC2)C=C1. The van der Waals surface area contributed by atoms with Crippen molar-refractivity contribution in [1.29, 1.82) is 0 Å². The van der Waals surface area contributed by atoms with Crippen LogP contribution in [-0.2, 0) is 4.74 Å². The standard InChI is InChI=1S/C14H22O/c1-12-8-10-14(2,11-9-12)15-13-6-4-3-5-7-13/h8-10,13H,3-7,11H2,1-2H3. The average molecular weight is 206 g/mol. The van der Waals surface area contributed by atoms with Crippen molar-refractivity contribution in [1.82, 2.24) is 0 Å². The molecule has 0 radical (unpaired) electrons. The molecule has 0 aliphatic heterocycles. The summed E-state index contributed by atoms with van der Waals surface area (Å²) >= 11 is 0. The zero-order valence-corrected chi connectivity index (χ0v) is 9.96. The smallest absolute Gasteiger partial charge is 0.0875 e. The molecular formula is C14H22O. The summed E-state index contributed by atoms with van der Waals surface area (Å²) in [6, 6.07) is 0. The molecule has 0 bridgehead atoms. The van der Waals surface area contributed by atoms with Gasteiger partial charge in [-0.3, -0.25) is 0 Å². The number of hydrogen-bond acceptors (Lipinski definition) is 1. The third-order valence-electron chi connectivity index (χ3n) is 3.52. The second-order valence-electron chi connectivity index (χ2n) is 5.18. The highest BCUT2D eigenvalue weighted by Gasteiger charge is 2.27. The van der Waals surface area contributed by atoms with Crippen LogP contribution in [-0.4, -0.2) is 11.7 Å². The maximum absolute atomic E-state index is 6.24. The van der Waals surface area contributed by atoms with E-state index in [2.05, 4.69) is 32.1 Å². The van der Waals surface area contributed by atoms with Gasteiger partial charge >= 0.3 is 0 Å². The van der Waals surface area contributed by atoms with Gasteiger partial charge in [0.05, 0.1) is 11.7 Å². The lowest BCUT2D eigenvalue weighted by Crippen LogP contribution is -2.33. The van der Waals surface area contributed by atoms with Gasteiger partial charge in [0.15, 0.2) is 0 Å². The lowest BCUT2D eigenvalue weighted by Gasteiger charge is -2.34. The fourth-order valence-corrected chi connectivity index (χ4v) is 2.46. The van der Waals surface area contributed by atoms with Crippen LogP contribution in [0.5, 0.6) is 0 Å². The van der Waals surface area contributed by atoms with Crippen molar-refractivity contribution in [3.63, 3.8) is 0 Å². The summed E-state index contributed by atoms with van der Waals surface area (Å²) in [5.41, 5.74) is 1.32. The summed E-state index contributed by atoms with van der Waals surface area (Å²) in [7, 11) is 0. The Balaban J connectivity index is 1.90. The molecule has 1 unspecified atom stereocenters. The van der Waals surface area contributed by atoms with Gasteiger partial charge in [0.25, 0.3) is 0 Å². The van der Waals surface area contributed by atoms with Crippen molar-refractivity contribution in [2.75, 3.05) is 0 Å². The van der Waals surface area contributed by atoms with Gasteiger partial charge < -0.3 is 4.74 Å². The van der Waals surface area contributed by atoms with Gasteiger partial charge in [0.2, 0.25) is 0 Å². The van der Waals surface area contributed by atoms with E-state index in [4.69, 9.17) is 4.74 Å². The van der Waals surface area contributed by atoms with E-state index < -0.39 is 0 Å². The molecule has 0 aromatic heterocycles. The molecule has 0 aromatic carbocycles. The minimum absolute atomic E-state index is 0.0402. The highest BCUT2D eigenvalue weighted by atomic mass is 16.5. The normalized spacial score (nSPS) is 32.8. The summed E-state index contributed by atoms with van der Waals surface area (Å²) in [6.45, 7) is 4.36. The number of ether oxygens (including phenoxy) is 1. The number of allylic oxidation sites excluding steroid dienone is 2. The van der Waals surface area contributed by atoms with Gasteiger partial charge in [-0.1, -0.05) is 43.1 Å². The summed E-state index contributed by atoms with van der Waals surface area (Å²) in [4.78, 5) is 0. The first-order valence-corrected chi connectivity index (χ1v) is 6.22. The molecule has 0 aromatic rings. The Kier molecular flexibility index (Phi) is 3.30. The molecule has 1 heteroatoms. The maximum atomic E-state index is 6.24. The number of rotatable bonds is 2. The predicted octanol–water partition coefficient (Wildman–Crippen LogP) is 4.00. The summed E-state index contributed by atoms with van der Waals surface area (Å²) in [5.74, 6) is 0. The van der Waals surface area contributed by atoms with E-state index in [0.29, 0.717) is 6.10 Å². The van der Waals surface area contributed by atoms with Gasteiger partial charge in [0.1, 0.15) is 0 Å². The van der Waals surface area contributed by atoms with Crippen molar-refractivity contribution in [3.05, 3.63) is 23.8 Å². The minimum atomic E-state index is -0.0402. The Hall–Kier alpha value is -0.560. The largest absolute Gasteiger partial charge is 0.368 e. The molecule has 0 N–H and O–H groups in total. The summed E-state index contributed by atoms with van der Waals surface area (Å²) in [6.07, 6.45) is 14.8. The second-order valence-corrected chi connectivity index (χ2v) is 5.18. The van der Waals surface area contributed by atoms with Crippen LogP contribution >= 0.6 is 0 Å². The fraction of sp³-hybridized carbons (Fsp3) is 0.714. The van der Waals surface area contributed by atoms with E-state index in [1.807, 2.05) is 0 Å². The van der Waals surface area contributed by atoms with Gasteiger partial charge in [-0.05, 0) is 33.1 Å². The first-order valence-electron chi connectivity index (χ1n) is 6.22. The molecule has 1 atom stereocenters. The third-order valence-corrected chi connectivity index (χ3v) is 3.52. The predicted molar refractivity (Wildman–Crippen MR) is 63.9 cm³/mol.